The molecule has 0 spiro atoms. The summed E-state index contributed by atoms with van der Waals surface area (Å²) in [7, 11) is 3.17. The Kier molecular flexibility index (Phi) is 7.11. The lowest BCUT2D eigenvalue weighted by Crippen LogP contribution is -2.30. The highest BCUT2D eigenvalue weighted by Gasteiger charge is 2.35. The number of hydrogen-bond acceptors (Lipinski definition) is 6. The molecule has 34 heavy (non-hydrogen) atoms. The number of likely N-dealkylation sites (tertiary alicyclic amines) is 1. The van der Waals surface area contributed by atoms with Crippen LogP contribution in [0.25, 0.3) is 0 Å². The molecule has 1 aliphatic heterocycles. The van der Waals surface area contributed by atoms with E-state index in [0.717, 1.165) is 35.3 Å². The minimum absolute atomic E-state index is 0.0462. The predicted octanol–water partition coefficient (Wildman–Crippen LogP) is 3.02. The lowest BCUT2D eigenvalue weighted by Gasteiger charge is -2.18. The molecule has 9 heteroatoms. The molecule has 3 amide bonds. The van der Waals surface area contributed by atoms with Gasteiger partial charge in [-0.25, -0.2) is 0 Å². The summed E-state index contributed by atoms with van der Waals surface area (Å²) < 4.78 is 10.6. The molecule has 3 N–H and O–H groups in total. The van der Waals surface area contributed by atoms with Crippen LogP contribution in [0.4, 0.5) is 5.00 Å². The van der Waals surface area contributed by atoms with Gasteiger partial charge in [0, 0.05) is 24.4 Å². The van der Waals surface area contributed by atoms with Gasteiger partial charge in [-0.15, -0.1) is 11.3 Å². The van der Waals surface area contributed by atoms with Crippen LogP contribution in [-0.4, -0.2) is 49.9 Å². The molecule has 1 aromatic carbocycles. The lowest BCUT2D eigenvalue weighted by atomic mass is 9.88. The van der Waals surface area contributed by atoms with Crippen molar-refractivity contribution in [3.63, 3.8) is 0 Å². The molecule has 2 atom stereocenters. The van der Waals surface area contributed by atoms with Crippen molar-refractivity contribution >= 4 is 34.1 Å². The van der Waals surface area contributed by atoms with E-state index in [1.165, 1.54) is 11.3 Å². The number of carbonyl (C=O) groups is 3. The lowest BCUT2D eigenvalue weighted by molar-refractivity contribution is -0.128. The Hall–Kier alpha value is -3.07. The minimum atomic E-state index is -0.513. The van der Waals surface area contributed by atoms with Gasteiger partial charge in [0.05, 0.1) is 25.7 Å². The molecular formula is C25H31N3O5S. The largest absolute Gasteiger partial charge is 0.493 e. The molecule has 182 valence electrons. The molecule has 0 unspecified atom stereocenters. The molecule has 1 fully saturated rings. The first kappa shape index (κ1) is 24.1. The molecule has 2 aromatic rings. The number of carbonyl (C=O) groups excluding carboxylic acids is 3. The maximum absolute atomic E-state index is 13.0. The zero-order chi connectivity index (χ0) is 24.4. The third kappa shape index (κ3) is 4.89. The summed E-state index contributed by atoms with van der Waals surface area (Å²) in [6.07, 6.45) is 3.49. The van der Waals surface area contributed by atoms with Crippen molar-refractivity contribution in [2.24, 2.45) is 17.6 Å². The Labute approximate surface area is 203 Å². The highest BCUT2D eigenvalue weighted by atomic mass is 32.1. The van der Waals surface area contributed by atoms with Crippen molar-refractivity contribution in [2.45, 2.75) is 39.0 Å². The van der Waals surface area contributed by atoms with E-state index in [0.29, 0.717) is 47.5 Å². The molecule has 0 saturated carbocycles. The van der Waals surface area contributed by atoms with Crippen LogP contribution in [0.15, 0.2) is 18.2 Å². The average Bonchev–Trinajstić information content (AvgIpc) is 3.36. The number of anilines is 1. The van der Waals surface area contributed by atoms with Crippen LogP contribution < -0.4 is 20.5 Å². The molecule has 0 radical (unpaired) electrons. The van der Waals surface area contributed by atoms with Crippen molar-refractivity contribution in [3.8, 4) is 11.5 Å². The van der Waals surface area contributed by atoms with E-state index in [2.05, 4.69) is 12.2 Å². The predicted molar refractivity (Wildman–Crippen MR) is 131 cm³/mol. The molecule has 1 saturated heterocycles. The number of rotatable bonds is 8. The number of methoxy groups -OCH3 is 2. The topological polar surface area (TPSA) is 111 Å². The quantitative estimate of drug-likeness (QED) is 0.597. The number of fused-ring (bicyclic) bond motifs is 1. The summed E-state index contributed by atoms with van der Waals surface area (Å²) in [6.45, 7) is 3.05. The second-order valence-electron chi connectivity index (χ2n) is 9.09. The van der Waals surface area contributed by atoms with Gasteiger partial charge in [0.1, 0.15) is 5.00 Å². The fraction of sp³-hybridized carbons (Fsp3) is 0.480. The van der Waals surface area contributed by atoms with Gasteiger partial charge in [-0.1, -0.05) is 13.0 Å². The first-order valence-electron chi connectivity index (χ1n) is 11.5. The number of benzene rings is 1. The van der Waals surface area contributed by atoms with E-state index in [9.17, 15) is 14.4 Å². The Morgan fingerprint density at radius 2 is 1.97 bits per heavy atom. The first-order chi connectivity index (χ1) is 16.3. The summed E-state index contributed by atoms with van der Waals surface area (Å²) >= 11 is 1.44. The summed E-state index contributed by atoms with van der Waals surface area (Å²) in [5, 5.41) is 3.44. The van der Waals surface area contributed by atoms with E-state index < -0.39 is 11.8 Å². The third-order valence-electron chi connectivity index (χ3n) is 6.70. The van der Waals surface area contributed by atoms with Crippen molar-refractivity contribution in [3.05, 3.63) is 39.8 Å². The normalized spacial score (nSPS) is 19.6. The number of nitrogens with two attached hydrogens (primary N) is 1. The van der Waals surface area contributed by atoms with E-state index in [-0.39, 0.29) is 18.2 Å². The van der Waals surface area contributed by atoms with Crippen LogP contribution in [-0.2, 0) is 28.9 Å². The standard InChI is InChI=1S/C25H31N3O5S/c1-14-4-6-17-20(10-14)34-25(22(17)23(26)30)27-24(31)16-12-21(29)28(13-16)9-8-15-5-7-18(32-2)19(11-15)33-3/h5,7,11,14,16H,4,6,8-10,12-13H2,1-3H3,(H2,26,30)(H,27,31)/t14-,16+/m0/s1. The second-order valence-corrected chi connectivity index (χ2v) is 10.2. The molecule has 0 bridgehead atoms. The molecular weight excluding hydrogens is 454 g/mol. The maximum Gasteiger partial charge on any atom is 0.251 e. The maximum atomic E-state index is 13.0. The molecule has 8 nitrogen and oxygen atoms in total. The summed E-state index contributed by atoms with van der Waals surface area (Å²) in [4.78, 5) is 40.6. The van der Waals surface area contributed by atoms with Crippen LogP contribution >= 0.6 is 11.3 Å². The molecule has 2 heterocycles. The van der Waals surface area contributed by atoms with Crippen LogP contribution in [0, 0.1) is 11.8 Å². The van der Waals surface area contributed by atoms with Crippen molar-refractivity contribution in [2.75, 3.05) is 32.6 Å². The average molecular weight is 486 g/mol. The summed E-state index contributed by atoms with van der Waals surface area (Å²) in [5.41, 5.74) is 8.10. The van der Waals surface area contributed by atoms with Crippen LogP contribution in [0.2, 0.25) is 0 Å². The SMILES string of the molecule is COc1ccc(CCN2C[C@H](C(=O)Nc3sc4c(c3C(N)=O)CC[C@H](C)C4)CC2=O)cc1OC. The Morgan fingerprint density at radius 3 is 2.68 bits per heavy atom. The molecule has 2 aliphatic rings. The van der Waals surface area contributed by atoms with Crippen LogP contribution in [0.5, 0.6) is 11.5 Å². The van der Waals surface area contributed by atoms with E-state index in [1.807, 2.05) is 18.2 Å². The number of amides is 3. The number of primary amides is 1. The van der Waals surface area contributed by atoms with Crippen molar-refractivity contribution in [1.82, 2.24) is 4.90 Å². The summed E-state index contributed by atoms with van der Waals surface area (Å²) in [6, 6.07) is 5.68. The molecule has 1 aliphatic carbocycles. The monoisotopic (exact) mass is 485 g/mol. The fourth-order valence-corrected chi connectivity index (χ4v) is 6.20. The first-order valence-corrected chi connectivity index (χ1v) is 12.4. The number of ether oxygens (including phenoxy) is 2. The number of nitrogens with one attached hydrogen (secondary N) is 1. The van der Waals surface area contributed by atoms with Crippen molar-refractivity contribution in [1.29, 1.82) is 0 Å². The second kappa shape index (κ2) is 10.0. The Balaban J connectivity index is 1.40. The highest BCUT2D eigenvalue weighted by molar-refractivity contribution is 7.17. The van der Waals surface area contributed by atoms with Gasteiger partial charge >= 0.3 is 0 Å². The molecule has 4 rings (SSSR count). The smallest absolute Gasteiger partial charge is 0.251 e. The fourth-order valence-electron chi connectivity index (χ4n) is 4.78. The minimum Gasteiger partial charge on any atom is -0.493 e. The zero-order valence-corrected chi connectivity index (χ0v) is 20.6. The zero-order valence-electron chi connectivity index (χ0n) is 19.8. The van der Waals surface area contributed by atoms with Gasteiger partial charge in [-0.2, -0.15) is 0 Å². The van der Waals surface area contributed by atoms with Gasteiger partial charge in [-0.05, 0) is 54.9 Å². The van der Waals surface area contributed by atoms with Gasteiger partial charge in [-0.3, -0.25) is 14.4 Å². The third-order valence-corrected chi connectivity index (χ3v) is 7.87. The number of hydrogen-bond donors (Lipinski definition) is 2. The van der Waals surface area contributed by atoms with Gasteiger partial charge < -0.3 is 25.4 Å². The van der Waals surface area contributed by atoms with Crippen molar-refractivity contribution < 1.29 is 23.9 Å². The highest BCUT2D eigenvalue weighted by Crippen LogP contribution is 2.40. The van der Waals surface area contributed by atoms with Gasteiger partial charge in [0.25, 0.3) is 5.91 Å². The van der Waals surface area contributed by atoms with Crippen LogP contribution in [0.3, 0.4) is 0 Å². The molecule has 1 aromatic heterocycles. The van der Waals surface area contributed by atoms with E-state index in [4.69, 9.17) is 15.2 Å². The number of nitrogens with zero attached hydrogens (tertiary/aromatic N) is 1. The van der Waals surface area contributed by atoms with Gasteiger partial charge in [0.2, 0.25) is 11.8 Å². The summed E-state index contributed by atoms with van der Waals surface area (Å²) in [5.74, 6) is 0.579. The Morgan fingerprint density at radius 1 is 1.21 bits per heavy atom. The van der Waals surface area contributed by atoms with Crippen LogP contribution in [0.1, 0.15) is 46.1 Å². The Bertz CT molecular complexity index is 1110. The van der Waals surface area contributed by atoms with E-state index >= 15 is 0 Å². The van der Waals surface area contributed by atoms with E-state index in [1.54, 1.807) is 19.1 Å². The number of thiophene rings is 1. The van der Waals surface area contributed by atoms with Gasteiger partial charge in [0.15, 0.2) is 11.5 Å².